The van der Waals surface area contributed by atoms with Crippen molar-refractivity contribution in [3.8, 4) is 11.5 Å². The minimum absolute atomic E-state index is 0.0753. The SMILES string of the molecule is CCOc1ccc(CN(CC)CC(=O)Nc2cc(Cl)ccc2F)cc1OC. The molecule has 2 aromatic carbocycles. The smallest absolute Gasteiger partial charge is 0.238 e. The molecule has 27 heavy (non-hydrogen) atoms. The summed E-state index contributed by atoms with van der Waals surface area (Å²) in [6.07, 6.45) is 0. The molecule has 1 N–H and O–H groups in total. The van der Waals surface area contributed by atoms with Crippen molar-refractivity contribution in [1.29, 1.82) is 0 Å². The molecule has 0 aliphatic carbocycles. The van der Waals surface area contributed by atoms with E-state index < -0.39 is 5.82 Å². The molecule has 2 rings (SSSR count). The molecule has 0 aliphatic heterocycles. The van der Waals surface area contributed by atoms with Crippen molar-refractivity contribution >= 4 is 23.2 Å². The first-order valence-electron chi connectivity index (χ1n) is 8.73. The van der Waals surface area contributed by atoms with Crippen LogP contribution in [0.25, 0.3) is 0 Å². The monoisotopic (exact) mass is 394 g/mol. The number of nitrogens with one attached hydrogen (secondary N) is 1. The third-order valence-electron chi connectivity index (χ3n) is 3.95. The highest BCUT2D eigenvalue weighted by Crippen LogP contribution is 2.28. The van der Waals surface area contributed by atoms with Crippen LogP contribution in [0.5, 0.6) is 11.5 Å². The van der Waals surface area contributed by atoms with Gasteiger partial charge in [-0.05, 0) is 49.4 Å². The molecule has 146 valence electrons. The third kappa shape index (κ3) is 6.12. The lowest BCUT2D eigenvalue weighted by molar-refractivity contribution is -0.117. The first-order chi connectivity index (χ1) is 13.0. The number of likely N-dealkylation sites (N-methyl/N-ethyl adjacent to an activating group) is 1. The fourth-order valence-electron chi connectivity index (χ4n) is 2.61. The van der Waals surface area contributed by atoms with Crippen LogP contribution in [0, 0.1) is 5.82 Å². The molecule has 0 spiro atoms. The van der Waals surface area contributed by atoms with Gasteiger partial charge in [0.05, 0.1) is 25.9 Å². The number of anilines is 1. The van der Waals surface area contributed by atoms with Crippen molar-refractivity contribution in [2.75, 3.05) is 32.1 Å². The summed E-state index contributed by atoms with van der Waals surface area (Å²) < 4.78 is 24.6. The van der Waals surface area contributed by atoms with Gasteiger partial charge in [0.2, 0.25) is 5.91 Å². The molecular weight excluding hydrogens is 371 g/mol. The van der Waals surface area contributed by atoms with Gasteiger partial charge in [0.25, 0.3) is 0 Å². The zero-order valence-corrected chi connectivity index (χ0v) is 16.5. The number of nitrogens with zero attached hydrogens (tertiary/aromatic N) is 1. The fourth-order valence-corrected chi connectivity index (χ4v) is 2.78. The molecule has 0 unspecified atom stereocenters. The molecule has 0 saturated heterocycles. The number of amides is 1. The van der Waals surface area contributed by atoms with Crippen LogP contribution in [-0.4, -0.2) is 37.6 Å². The van der Waals surface area contributed by atoms with E-state index in [2.05, 4.69) is 5.32 Å². The number of carbonyl (C=O) groups excluding carboxylic acids is 1. The van der Waals surface area contributed by atoms with E-state index in [1.165, 1.54) is 18.2 Å². The van der Waals surface area contributed by atoms with Gasteiger partial charge in [0.1, 0.15) is 5.82 Å². The van der Waals surface area contributed by atoms with Gasteiger partial charge in [0.15, 0.2) is 11.5 Å². The zero-order chi connectivity index (χ0) is 19.8. The van der Waals surface area contributed by atoms with Crippen LogP contribution in [0.3, 0.4) is 0 Å². The Bertz CT molecular complexity index is 786. The van der Waals surface area contributed by atoms with E-state index in [4.69, 9.17) is 21.1 Å². The Morgan fingerprint density at radius 3 is 2.63 bits per heavy atom. The summed E-state index contributed by atoms with van der Waals surface area (Å²) in [5, 5.41) is 2.93. The Kier molecular flexibility index (Phi) is 7.88. The quantitative estimate of drug-likeness (QED) is 0.687. The minimum Gasteiger partial charge on any atom is -0.493 e. The molecular formula is C20H24ClFN2O3. The molecule has 2 aromatic rings. The van der Waals surface area contributed by atoms with Crippen LogP contribution >= 0.6 is 11.6 Å². The summed E-state index contributed by atoms with van der Waals surface area (Å²) in [7, 11) is 1.59. The van der Waals surface area contributed by atoms with Crippen molar-refractivity contribution in [3.63, 3.8) is 0 Å². The molecule has 0 fully saturated rings. The first-order valence-corrected chi connectivity index (χ1v) is 9.11. The first kappa shape index (κ1) is 21.0. The molecule has 0 atom stereocenters. The molecule has 0 aromatic heterocycles. The summed E-state index contributed by atoms with van der Waals surface area (Å²) in [5.74, 6) is 0.500. The van der Waals surface area contributed by atoms with Crippen LogP contribution in [0.1, 0.15) is 19.4 Å². The lowest BCUT2D eigenvalue weighted by Gasteiger charge is -2.21. The zero-order valence-electron chi connectivity index (χ0n) is 15.7. The number of methoxy groups -OCH3 is 1. The highest BCUT2D eigenvalue weighted by atomic mass is 35.5. The van der Waals surface area contributed by atoms with Gasteiger partial charge >= 0.3 is 0 Å². The second-order valence-corrected chi connectivity index (χ2v) is 6.33. The van der Waals surface area contributed by atoms with Crippen molar-refractivity contribution in [2.45, 2.75) is 20.4 Å². The van der Waals surface area contributed by atoms with E-state index in [0.29, 0.717) is 36.2 Å². The molecule has 5 nitrogen and oxygen atoms in total. The highest BCUT2D eigenvalue weighted by Gasteiger charge is 2.14. The normalized spacial score (nSPS) is 10.7. The topological polar surface area (TPSA) is 50.8 Å². The molecule has 0 saturated carbocycles. The summed E-state index contributed by atoms with van der Waals surface area (Å²) in [6, 6.07) is 9.73. The van der Waals surface area contributed by atoms with Gasteiger partial charge < -0.3 is 14.8 Å². The second-order valence-electron chi connectivity index (χ2n) is 5.89. The molecule has 0 bridgehead atoms. The Morgan fingerprint density at radius 2 is 1.96 bits per heavy atom. The van der Waals surface area contributed by atoms with Crippen molar-refractivity contribution < 1.29 is 18.7 Å². The van der Waals surface area contributed by atoms with E-state index in [-0.39, 0.29) is 18.1 Å². The Balaban J connectivity index is 2.02. The number of halogens is 2. The number of hydrogen-bond acceptors (Lipinski definition) is 4. The summed E-state index contributed by atoms with van der Waals surface area (Å²) in [6.45, 7) is 5.74. The van der Waals surface area contributed by atoms with Crippen molar-refractivity contribution in [1.82, 2.24) is 4.90 Å². The van der Waals surface area contributed by atoms with Gasteiger partial charge in [-0.2, -0.15) is 0 Å². The Labute approximate surface area is 164 Å². The molecule has 0 radical (unpaired) electrons. The maximum absolute atomic E-state index is 13.8. The lowest BCUT2D eigenvalue weighted by Crippen LogP contribution is -2.33. The van der Waals surface area contributed by atoms with Gasteiger partial charge in [-0.25, -0.2) is 4.39 Å². The predicted octanol–water partition coefficient (Wildman–Crippen LogP) is 4.35. The number of rotatable bonds is 9. The third-order valence-corrected chi connectivity index (χ3v) is 4.19. The van der Waals surface area contributed by atoms with Crippen LogP contribution in [0.15, 0.2) is 36.4 Å². The number of carbonyl (C=O) groups is 1. The molecule has 0 aliphatic rings. The molecule has 1 amide bonds. The highest BCUT2D eigenvalue weighted by molar-refractivity contribution is 6.30. The number of ether oxygens (including phenoxy) is 2. The molecule has 7 heteroatoms. The van der Waals surface area contributed by atoms with Gasteiger partial charge in [-0.3, -0.25) is 9.69 Å². The largest absolute Gasteiger partial charge is 0.493 e. The van der Waals surface area contributed by atoms with Gasteiger partial charge in [-0.1, -0.05) is 24.6 Å². The average molecular weight is 395 g/mol. The van der Waals surface area contributed by atoms with Crippen LogP contribution in [-0.2, 0) is 11.3 Å². The number of benzene rings is 2. The Hall–Kier alpha value is -2.31. The lowest BCUT2D eigenvalue weighted by atomic mass is 10.2. The van der Waals surface area contributed by atoms with E-state index in [9.17, 15) is 9.18 Å². The number of hydrogen-bond donors (Lipinski definition) is 1. The van der Waals surface area contributed by atoms with Crippen molar-refractivity contribution in [2.24, 2.45) is 0 Å². The molecule has 0 heterocycles. The van der Waals surface area contributed by atoms with Crippen LogP contribution in [0.2, 0.25) is 5.02 Å². The fraction of sp³-hybridized carbons (Fsp3) is 0.350. The minimum atomic E-state index is -0.521. The predicted molar refractivity (Wildman–Crippen MR) is 105 cm³/mol. The average Bonchev–Trinajstić information content (AvgIpc) is 2.65. The maximum Gasteiger partial charge on any atom is 0.238 e. The maximum atomic E-state index is 13.8. The second kappa shape index (κ2) is 10.1. The van der Waals surface area contributed by atoms with Crippen LogP contribution < -0.4 is 14.8 Å². The van der Waals surface area contributed by atoms with E-state index in [1.807, 2.05) is 36.9 Å². The van der Waals surface area contributed by atoms with Gasteiger partial charge in [-0.15, -0.1) is 0 Å². The summed E-state index contributed by atoms with van der Waals surface area (Å²) in [4.78, 5) is 14.2. The standard InChI is InChI=1S/C20H24ClFN2O3/c1-4-24(12-14-6-9-18(27-5-2)19(10-14)26-3)13-20(25)23-17-11-15(21)7-8-16(17)22/h6-11H,4-5,12-13H2,1-3H3,(H,23,25). The summed E-state index contributed by atoms with van der Waals surface area (Å²) in [5.41, 5.74) is 1.06. The van der Waals surface area contributed by atoms with Crippen molar-refractivity contribution in [3.05, 3.63) is 52.8 Å². The van der Waals surface area contributed by atoms with E-state index in [1.54, 1.807) is 7.11 Å². The van der Waals surface area contributed by atoms with Gasteiger partial charge in [0, 0.05) is 11.6 Å². The Morgan fingerprint density at radius 1 is 1.19 bits per heavy atom. The van der Waals surface area contributed by atoms with Crippen LogP contribution in [0.4, 0.5) is 10.1 Å². The van der Waals surface area contributed by atoms with E-state index in [0.717, 1.165) is 5.56 Å². The van der Waals surface area contributed by atoms with E-state index >= 15 is 0 Å². The summed E-state index contributed by atoms with van der Waals surface area (Å²) >= 11 is 5.85.